The number of anilines is 1. The molecule has 0 aromatic heterocycles. The van der Waals surface area contributed by atoms with E-state index in [1.807, 2.05) is 31.2 Å². The molecule has 0 spiro atoms. The predicted octanol–water partition coefficient (Wildman–Crippen LogP) is 2.66. The van der Waals surface area contributed by atoms with Gasteiger partial charge in [-0.15, -0.1) is 0 Å². The Morgan fingerprint density at radius 2 is 2.00 bits per heavy atom. The molecule has 3 nitrogen and oxygen atoms in total. The summed E-state index contributed by atoms with van der Waals surface area (Å²) >= 11 is 5.14. The summed E-state index contributed by atoms with van der Waals surface area (Å²) in [6.07, 6.45) is 1.52. The summed E-state index contributed by atoms with van der Waals surface area (Å²) in [7, 11) is 1.80. The largest absolute Gasteiger partial charge is 0.392 e. The second kappa shape index (κ2) is 4.93. The predicted molar refractivity (Wildman–Crippen MR) is 82.2 cm³/mol. The molecule has 2 N–H and O–H groups in total. The highest BCUT2D eigenvalue weighted by Crippen LogP contribution is 2.47. The number of carbonyl (C=O) groups is 1. The van der Waals surface area contributed by atoms with Crippen molar-refractivity contribution >= 4 is 28.8 Å². The summed E-state index contributed by atoms with van der Waals surface area (Å²) in [6, 6.07) is 7.84. The third-order valence-corrected chi connectivity index (χ3v) is 4.45. The minimum Gasteiger partial charge on any atom is -0.392 e. The smallest absolute Gasteiger partial charge is 0.239 e. The molecule has 0 radical (unpaired) electrons. The SMILES string of the molecule is Cc1ccccc1N(C)C(=O)C1(C(N)=S)CC(C)C1. The van der Waals surface area contributed by atoms with E-state index < -0.39 is 5.41 Å². The van der Waals surface area contributed by atoms with Gasteiger partial charge < -0.3 is 10.6 Å². The molecule has 19 heavy (non-hydrogen) atoms. The van der Waals surface area contributed by atoms with Gasteiger partial charge in [-0.3, -0.25) is 4.79 Å². The minimum absolute atomic E-state index is 0.0207. The molecule has 0 bridgehead atoms. The lowest BCUT2D eigenvalue weighted by Gasteiger charge is -2.46. The van der Waals surface area contributed by atoms with Gasteiger partial charge in [0, 0.05) is 12.7 Å². The van der Waals surface area contributed by atoms with Crippen molar-refractivity contribution in [3.63, 3.8) is 0 Å². The molecule has 1 aliphatic rings. The van der Waals surface area contributed by atoms with Crippen LogP contribution in [0, 0.1) is 18.3 Å². The normalized spacial score (nSPS) is 25.5. The Bertz CT molecular complexity index is 521. The molecule has 0 atom stereocenters. The van der Waals surface area contributed by atoms with Crippen LogP contribution in [0.3, 0.4) is 0 Å². The van der Waals surface area contributed by atoms with E-state index >= 15 is 0 Å². The number of carbonyl (C=O) groups excluding carboxylic acids is 1. The zero-order valence-corrected chi connectivity index (χ0v) is 12.5. The van der Waals surface area contributed by atoms with Gasteiger partial charge in [0.2, 0.25) is 5.91 Å². The molecule has 0 aliphatic heterocycles. The highest BCUT2D eigenvalue weighted by atomic mass is 32.1. The van der Waals surface area contributed by atoms with Crippen molar-refractivity contribution in [3.8, 4) is 0 Å². The van der Waals surface area contributed by atoms with Crippen molar-refractivity contribution in [1.82, 2.24) is 0 Å². The van der Waals surface area contributed by atoms with Gasteiger partial charge in [0.25, 0.3) is 0 Å². The van der Waals surface area contributed by atoms with Crippen molar-refractivity contribution in [2.24, 2.45) is 17.1 Å². The van der Waals surface area contributed by atoms with Crippen LogP contribution < -0.4 is 10.6 Å². The monoisotopic (exact) mass is 276 g/mol. The third kappa shape index (κ3) is 2.25. The van der Waals surface area contributed by atoms with Crippen LogP contribution in [0.2, 0.25) is 0 Å². The van der Waals surface area contributed by atoms with Crippen LogP contribution in [-0.2, 0) is 4.79 Å². The molecular formula is C15H20N2OS. The fourth-order valence-electron chi connectivity index (χ4n) is 2.98. The molecule has 0 heterocycles. The van der Waals surface area contributed by atoms with Gasteiger partial charge in [-0.25, -0.2) is 0 Å². The maximum Gasteiger partial charge on any atom is 0.239 e. The molecule has 0 saturated heterocycles. The van der Waals surface area contributed by atoms with Crippen molar-refractivity contribution in [3.05, 3.63) is 29.8 Å². The van der Waals surface area contributed by atoms with Crippen LogP contribution in [0.25, 0.3) is 0 Å². The van der Waals surface area contributed by atoms with E-state index in [0.29, 0.717) is 10.9 Å². The number of hydrogen-bond acceptors (Lipinski definition) is 2. The van der Waals surface area contributed by atoms with Crippen LogP contribution in [0.1, 0.15) is 25.3 Å². The lowest BCUT2D eigenvalue weighted by molar-refractivity contribution is -0.129. The molecule has 1 saturated carbocycles. The van der Waals surface area contributed by atoms with E-state index in [-0.39, 0.29) is 5.91 Å². The number of para-hydroxylation sites is 1. The first kappa shape index (κ1) is 14.0. The number of amides is 1. The summed E-state index contributed by atoms with van der Waals surface area (Å²) in [5, 5.41) is 0. The molecule has 2 rings (SSSR count). The van der Waals surface area contributed by atoms with E-state index in [9.17, 15) is 4.79 Å². The average molecular weight is 276 g/mol. The zero-order valence-electron chi connectivity index (χ0n) is 11.6. The number of hydrogen-bond donors (Lipinski definition) is 1. The Balaban J connectivity index is 2.29. The van der Waals surface area contributed by atoms with Crippen LogP contribution in [-0.4, -0.2) is 17.9 Å². The van der Waals surface area contributed by atoms with Gasteiger partial charge in [-0.1, -0.05) is 37.3 Å². The maximum absolute atomic E-state index is 12.7. The number of benzene rings is 1. The van der Waals surface area contributed by atoms with Gasteiger partial charge in [0.05, 0.1) is 10.4 Å². The molecule has 1 aliphatic carbocycles. The van der Waals surface area contributed by atoms with Gasteiger partial charge in [0.15, 0.2) is 0 Å². The molecule has 102 valence electrons. The summed E-state index contributed by atoms with van der Waals surface area (Å²) in [4.78, 5) is 14.8. The standard InChI is InChI=1S/C15H20N2OS/c1-10-8-15(9-10,13(16)19)14(18)17(3)12-7-5-4-6-11(12)2/h4-7,10H,8-9H2,1-3H3,(H2,16,19). The van der Waals surface area contributed by atoms with E-state index in [0.717, 1.165) is 24.1 Å². The Morgan fingerprint density at radius 3 is 2.47 bits per heavy atom. The first-order chi connectivity index (χ1) is 8.88. The first-order valence-electron chi connectivity index (χ1n) is 6.52. The fourth-order valence-corrected chi connectivity index (χ4v) is 3.24. The van der Waals surface area contributed by atoms with Crippen LogP contribution in [0.15, 0.2) is 24.3 Å². The maximum atomic E-state index is 12.7. The second-order valence-corrected chi connectivity index (χ2v) is 6.05. The Morgan fingerprint density at radius 1 is 1.42 bits per heavy atom. The molecule has 0 unspecified atom stereocenters. The lowest BCUT2D eigenvalue weighted by atomic mass is 9.61. The summed E-state index contributed by atoms with van der Waals surface area (Å²) in [5.41, 5.74) is 7.19. The third-order valence-electron chi connectivity index (χ3n) is 4.06. The molecule has 1 amide bonds. The van der Waals surface area contributed by atoms with Crippen molar-refractivity contribution in [2.75, 3.05) is 11.9 Å². The van der Waals surface area contributed by atoms with Crippen molar-refractivity contribution in [2.45, 2.75) is 26.7 Å². The van der Waals surface area contributed by atoms with Gasteiger partial charge >= 0.3 is 0 Å². The van der Waals surface area contributed by atoms with Gasteiger partial charge in [0.1, 0.15) is 0 Å². The quantitative estimate of drug-likeness (QED) is 0.863. The number of aryl methyl sites for hydroxylation is 1. The van der Waals surface area contributed by atoms with E-state index in [2.05, 4.69) is 6.92 Å². The van der Waals surface area contributed by atoms with E-state index in [1.165, 1.54) is 0 Å². The number of thiocarbonyl (C=S) groups is 1. The Kier molecular flexibility index (Phi) is 3.63. The molecular weight excluding hydrogens is 256 g/mol. The number of nitrogens with two attached hydrogens (primary N) is 1. The van der Waals surface area contributed by atoms with E-state index in [4.69, 9.17) is 18.0 Å². The molecule has 4 heteroatoms. The number of rotatable bonds is 3. The summed E-state index contributed by atoms with van der Waals surface area (Å²) < 4.78 is 0. The van der Waals surface area contributed by atoms with Crippen LogP contribution in [0.5, 0.6) is 0 Å². The van der Waals surface area contributed by atoms with Crippen LogP contribution >= 0.6 is 12.2 Å². The summed E-state index contributed by atoms with van der Waals surface area (Å²) in [5.74, 6) is 0.531. The van der Waals surface area contributed by atoms with Gasteiger partial charge in [-0.05, 0) is 37.3 Å². The topological polar surface area (TPSA) is 46.3 Å². The zero-order chi connectivity index (χ0) is 14.2. The lowest BCUT2D eigenvalue weighted by Crippen LogP contribution is -2.56. The molecule has 1 aromatic carbocycles. The van der Waals surface area contributed by atoms with Crippen molar-refractivity contribution in [1.29, 1.82) is 0 Å². The van der Waals surface area contributed by atoms with Crippen molar-refractivity contribution < 1.29 is 4.79 Å². The minimum atomic E-state index is -0.633. The first-order valence-corrected chi connectivity index (χ1v) is 6.93. The van der Waals surface area contributed by atoms with Gasteiger partial charge in [-0.2, -0.15) is 0 Å². The molecule has 1 fully saturated rings. The Labute approximate surface area is 119 Å². The van der Waals surface area contributed by atoms with E-state index in [1.54, 1.807) is 11.9 Å². The number of nitrogens with zero attached hydrogens (tertiary/aromatic N) is 1. The fraction of sp³-hybridized carbons (Fsp3) is 0.467. The summed E-state index contributed by atoms with van der Waals surface area (Å²) in [6.45, 7) is 4.12. The highest BCUT2D eigenvalue weighted by molar-refractivity contribution is 7.80. The average Bonchev–Trinajstić information content (AvgIpc) is 2.33. The van der Waals surface area contributed by atoms with Crippen LogP contribution in [0.4, 0.5) is 5.69 Å². The highest BCUT2D eigenvalue weighted by Gasteiger charge is 2.52. The second-order valence-electron chi connectivity index (χ2n) is 5.61. The molecule has 1 aromatic rings. The Hall–Kier alpha value is -1.42.